The van der Waals surface area contributed by atoms with Gasteiger partial charge in [-0.05, 0) is 48.9 Å². The monoisotopic (exact) mass is 488 g/mol. The smallest absolute Gasteiger partial charge is 0.273 e. The molecule has 0 unspecified atom stereocenters. The van der Waals surface area contributed by atoms with E-state index in [4.69, 9.17) is 9.47 Å². The molecule has 1 aliphatic rings. The summed E-state index contributed by atoms with van der Waals surface area (Å²) in [6, 6.07) is 15.7. The minimum atomic E-state index is -0.347. The third-order valence-electron chi connectivity index (χ3n) is 6.47. The first kappa shape index (κ1) is 25.2. The van der Waals surface area contributed by atoms with Gasteiger partial charge in [-0.15, -0.1) is 10.2 Å². The summed E-state index contributed by atoms with van der Waals surface area (Å²) in [5.41, 5.74) is 1.90. The van der Waals surface area contributed by atoms with Gasteiger partial charge in [-0.2, -0.15) is 0 Å². The number of aromatic nitrogens is 3. The quantitative estimate of drug-likeness (QED) is 0.436. The van der Waals surface area contributed by atoms with Gasteiger partial charge in [0.15, 0.2) is 17.3 Å². The number of aryl methyl sites for hydroxylation is 1. The summed E-state index contributed by atoms with van der Waals surface area (Å²) in [5, 5.41) is 8.28. The van der Waals surface area contributed by atoms with E-state index in [-0.39, 0.29) is 30.0 Å². The molecular formula is C28H32N4O4. The number of nitrogens with zero attached hydrogens (tertiary/aromatic N) is 3. The molecule has 4 rings (SSSR count). The van der Waals surface area contributed by atoms with Crippen LogP contribution in [0.5, 0.6) is 11.5 Å². The zero-order valence-electron chi connectivity index (χ0n) is 20.6. The average Bonchev–Trinajstić information content (AvgIpc) is 2.92. The van der Waals surface area contributed by atoms with Crippen LogP contribution in [0.1, 0.15) is 30.5 Å². The molecule has 1 amide bonds. The zero-order chi connectivity index (χ0) is 25.3. The number of amides is 1. The second-order valence-corrected chi connectivity index (χ2v) is 8.93. The van der Waals surface area contributed by atoms with E-state index < -0.39 is 0 Å². The van der Waals surface area contributed by atoms with E-state index in [2.05, 4.69) is 46.0 Å². The third-order valence-corrected chi connectivity index (χ3v) is 6.47. The van der Waals surface area contributed by atoms with Crippen LogP contribution >= 0.6 is 0 Å². The molecule has 36 heavy (non-hydrogen) atoms. The van der Waals surface area contributed by atoms with Gasteiger partial charge in [0.2, 0.25) is 5.91 Å². The topological polar surface area (TPSA) is 97.4 Å². The van der Waals surface area contributed by atoms with E-state index >= 15 is 0 Å². The van der Waals surface area contributed by atoms with Gasteiger partial charge >= 0.3 is 0 Å². The molecule has 0 spiro atoms. The first-order valence-electron chi connectivity index (χ1n) is 12.3. The number of nitrogens with one attached hydrogen (secondary N) is 1. The first-order valence-corrected chi connectivity index (χ1v) is 12.3. The number of ether oxygens (including phenoxy) is 2. The summed E-state index contributed by atoms with van der Waals surface area (Å²) in [4.78, 5) is 30.1. The van der Waals surface area contributed by atoms with E-state index in [1.54, 1.807) is 31.4 Å². The summed E-state index contributed by atoms with van der Waals surface area (Å²) < 4.78 is 10.9. The number of rotatable bonds is 10. The van der Waals surface area contributed by atoms with Crippen LogP contribution in [0.4, 0.5) is 0 Å². The molecule has 0 aliphatic carbocycles. The van der Waals surface area contributed by atoms with Crippen molar-refractivity contribution >= 4 is 5.91 Å². The Bertz CT molecular complexity index is 1230. The standard InChI is InChI=1S/C28H32N4O4/c1-3-17-36-24-11-9-22(19-25(24)35-2)27-29-28(34)23(30-31-27)10-12-26(33)32-15-13-21(14-16-32)18-20-7-5-4-6-8-20/h3-9,11,19,21H,1,10,12-18H2,2H3,(H,29,31,34). The van der Waals surface area contributed by atoms with E-state index in [0.717, 1.165) is 32.4 Å². The molecule has 3 aromatic rings. The number of hydrogen-bond donors (Lipinski definition) is 1. The number of carbonyl (C=O) groups is 1. The number of methoxy groups -OCH3 is 1. The Morgan fingerprint density at radius 2 is 1.92 bits per heavy atom. The number of aromatic amines is 1. The fraction of sp³-hybridized carbons (Fsp3) is 0.357. The van der Waals surface area contributed by atoms with Gasteiger partial charge in [-0.1, -0.05) is 43.0 Å². The molecule has 2 heterocycles. The van der Waals surface area contributed by atoms with Crippen molar-refractivity contribution < 1.29 is 14.3 Å². The molecule has 1 N–H and O–H groups in total. The lowest BCUT2D eigenvalue weighted by Gasteiger charge is -2.32. The van der Waals surface area contributed by atoms with Gasteiger partial charge in [0, 0.05) is 31.5 Å². The molecular weight excluding hydrogens is 456 g/mol. The lowest BCUT2D eigenvalue weighted by atomic mass is 9.90. The summed E-state index contributed by atoms with van der Waals surface area (Å²) >= 11 is 0. The van der Waals surface area contributed by atoms with Crippen molar-refractivity contribution in [3.8, 4) is 22.9 Å². The van der Waals surface area contributed by atoms with Crippen LogP contribution in [-0.4, -0.2) is 52.8 Å². The van der Waals surface area contributed by atoms with Gasteiger partial charge in [0.1, 0.15) is 12.3 Å². The molecule has 0 bridgehead atoms. The fourth-order valence-corrected chi connectivity index (χ4v) is 4.45. The summed E-state index contributed by atoms with van der Waals surface area (Å²) in [6.45, 7) is 5.50. The molecule has 1 aromatic heterocycles. The molecule has 2 aromatic carbocycles. The van der Waals surface area contributed by atoms with Crippen molar-refractivity contribution in [2.75, 3.05) is 26.8 Å². The molecule has 8 heteroatoms. The van der Waals surface area contributed by atoms with Crippen LogP contribution < -0.4 is 15.0 Å². The van der Waals surface area contributed by atoms with Gasteiger partial charge in [-0.25, -0.2) is 0 Å². The zero-order valence-corrected chi connectivity index (χ0v) is 20.6. The van der Waals surface area contributed by atoms with Crippen molar-refractivity contribution in [1.29, 1.82) is 0 Å². The Hall–Kier alpha value is -3.94. The number of H-pyrrole nitrogens is 1. The van der Waals surface area contributed by atoms with Crippen molar-refractivity contribution in [1.82, 2.24) is 20.1 Å². The van der Waals surface area contributed by atoms with E-state index in [1.165, 1.54) is 5.56 Å². The lowest BCUT2D eigenvalue weighted by Crippen LogP contribution is -2.39. The Kier molecular flexibility index (Phi) is 8.49. The minimum Gasteiger partial charge on any atom is -0.493 e. The van der Waals surface area contributed by atoms with Crippen LogP contribution in [0, 0.1) is 5.92 Å². The van der Waals surface area contributed by atoms with Crippen LogP contribution in [-0.2, 0) is 17.6 Å². The number of likely N-dealkylation sites (tertiary alicyclic amines) is 1. The predicted octanol–water partition coefficient (Wildman–Crippen LogP) is 3.82. The Morgan fingerprint density at radius 1 is 1.14 bits per heavy atom. The van der Waals surface area contributed by atoms with Gasteiger partial charge in [0.05, 0.1) is 7.11 Å². The molecule has 1 fully saturated rings. The molecule has 1 saturated heterocycles. The van der Waals surface area contributed by atoms with Gasteiger partial charge in [-0.3, -0.25) is 9.59 Å². The highest BCUT2D eigenvalue weighted by Crippen LogP contribution is 2.31. The Labute approximate surface area is 211 Å². The van der Waals surface area contributed by atoms with Crippen LogP contribution in [0.25, 0.3) is 11.4 Å². The van der Waals surface area contributed by atoms with Crippen molar-refractivity contribution in [3.05, 3.63) is 82.8 Å². The SMILES string of the molecule is C=CCOc1ccc(-c2nnc(CCC(=O)N3CCC(Cc4ccccc4)CC3)c(=O)[nH]2)cc1OC. The maximum atomic E-state index is 12.7. The molecule has 188 valence electrons. The highest BCUT2D eigenvalue weighted by molar-refractivity contribution is 5.76. The van der Waals surface area contributed by atoms with E-state index in [1.807, 2.05) is 11.0 Å². The highest BCUT2D eigenvalue weighted by Gasteiger charge is 2.23. The van der Waals surface area contributed by atoms with Gasteiger partial charge < -0.3 is 19.4 Å². The Balaban J connectivity index is 1.31. The largest absolute Gasteiger partial charge is 0.493 e. The van der Waals surface area contributed by atoms with Crippen molar-refractivity contribution in [2.24, 2.45) is 5.92 Å². The second kappa shape index (κ2) is 12.2. The van der Waals surface area contributed by atoms with Crippen LogP contribution in [0.2, 0.25) is 0 Å². The van der Waals surface area contributed by atoms with Gasteiger partial charge in [0.25, 0.3) is 5.56 Å². The van der Waals surface area contributed by atoms with E-state index in [9.17, 15) is 9.59 Å². The normalized spacial score (nSPS) is 13.9. The summed E-state index contributed by atoms with van der Waals surface area (Å²) in [7, 11) is 1.54. The maximum Gasteiger partial charge on any atom is 0.273 e. The molecule has 0 saturated carbocycles. The molecule has 1 aliphatic heterocycles. The number of hydrogen-bond acceptors (Lipinski definition) is 6. The number of benzene rings is 2. The molecule has 8 nitrogen and oxygen atoms in total. The Morgan fingerprint density at radius 3 is 2.61 bits per heavy atom. The highest BCUT2D eigenvalue weighted by atomic mass is 16.5. The van der Waals surface area contributed by atoms with Crippen molar-refractivity contribution in [3.63, 3.8) is 0 Å². The third kappa shape index (κ3) is 6.38. The fourth-order valence-electron chi connectivity index (χ4n) is 4.45. The average molecular weight is 489 g/mol. The molecule has 0 atom stereocenters. The summed E-state index contributed by atoms with van der Waals surface area (Å²) in [5.74, 6) is 2.05. The van der Waals surface area contributed by atoms with Crippen molar-refractivity contribution in [2.45, 2.75) is 32.1 Å². The minimum absolute atomic E-state index is 0.0540. The van der Waals surface area contributed by atoms with Crippen LogP contribution in [0.15, 0.2) is 66.0 Å². The first-order chi connectivity index (χ1) is 17.6. The lowest BCUT2D eigenvalue weighted by molar-refractivity contribution is -0.132. The van der Waals surface area contributed by atoms with E-state index in [0.29, 0.717) is 35.4 Å². The predicted molar refractivity (Wildman–Crippen MR) is 138 cm³/mol. The summed E-state index contributed by atoms with van der Waals surface area (Å²) in [6.07, 6.45) is 5.18. The molecule has 0 radical (unpaired) electrons. The number of carbonyl (C=O) groups excluding carboxylic acids is 1. The maximum absolute atomic E-state index is 12.7. The number of piperidine rings is 1. The second-order valence-electron chi connectivity index (χ2n) is 8.93. The van der Waals surface area contributed by atoms with Crippen LogP contribution in [0.3, 0.4) is 0 Å².